The summed E-state index contributed by atoms with van der Waals surface area (Å²) >= 11 is 0. The fraction of sp³-hybridized carbons (Fsp3) is 0.261. The smallest absolute Gasteiger partial charge is 0.200 e. The van der Waals surface area contributed by atoms with Gasteiger partial charge in [-0.1, -0.05) is 37.5 Å². The fourth-order valence-electron chi connectivity index (χ4n) is 3.62. The molecule has 3 aromatic rings. The molecule has 0 spiro atoms. The van der Waals surface area contributed by atoms with Crippen LogP contribution in [0.1, 0.15) is 48.0 Å². The van der Waals surface area contributed by atoms with Gasteiger partial charge in [0.15, 0.2) is 5.78 Å². The van der Waals surface area contributed by atoms with Gasteiger partial charge < -0.3 is 15.8 Å². The topological polar surface area (TPSA) is 90.1 Å². The molecule has 1 aliphatic rings. The third kappa shape index (κ3) is 4.54. The normalized spacial score (nSPS) is 14.3. The molecule has 6 nitrogen and oxygen atoms in total. The lowest BCUT2D eigenvalue weighted by Crippen LogP contribution is -2.25. The average molecular weight is 388 g/mol. The summed E-state index contributed by atoms with van der Waals surface area (Å²) in [5, 5.41) is 3.41. The number of nitrogens with one attached hydrogen (secondary N) is 1. The minimum Gasteiger partial charge on any atom is -0.457 e. The molecule has 6 heteroatoms. The SMILES string of the molecule is Nc1ncnc(NC2CCCCC2)c1C(=O)c1ccc(Oc2ccccc2)cc1. The molecule has 0 atom stereocenters. The molecule has 0 aliphatic heterocycles. The summed E-state index contributed by atoms with van der Waals surface area (Å²) in [5.74, 6) is 1.90. The maximum atomic E-state index is 13.2. The van der Waals surface area contributed by atoms with Crippen molar-refractivity contribution in [3.63, 3.8) is 0 Å². The Kier molecular flexibility index (Phi) is 5.70. The standard InChI is InChI=1S/C23H24N4O2/c24-22-20(23(26-15-25-22)27-17-7-3-1-4-8-17)21(28)16-11-13-19(14-12-16)29-18-9-5-2-6-10-18/h2,5-6,9-15,17H,1,3-4,7-8H2,(H3,24,25,26,27). The van der Waals surface area contributed by atoms with Gasteiger partial charge in [0.05, 0.1) is 0 Å². The van der Waals surface area contributed by atoms with Crippen molar-refractivity contribution in [2.75, 3.05) is 11.1 Å². The predicted molar refractivity (Wildman–Crippen MR) is 113 cm³/mol. The van der Waals surface area contributed by atoms with Crippen LogP contribution >= 0.6 is 0 Å². The Bertz CT molecular complexity index is 968. The zero-order valence-electron chi connectivity index (χ0n) is 16.2. The van der Waals surface area contributed by atoms with Crippen LogP contribution in [0.2, 0.25) is 0 Å². The highest BCUT2D eigenvalue weighted by Gasteiger charge is 2.22. The second kappa shape index (κ2) is 8.73. The molecule has 0 saturated heterocycles. The highest BCUT2D eigenvalue weighted by molar-refractivity contribution is 6.14. The van der Waals surface area contributed by atoms with Gasteiger partial charge in [-0.25, -0.2) is 9.97 Å². The van der Waals surface area contributed by atoms with Gasteiger partial charge in [-0.15, -0.1) is 0 Å². The number of carbonyl (C=O) groups is 1. The van der Waals surface area contributed by atoms with Crippen LogP contribution in [0.4, 0.5) is 11.6 Å². The summed E-state index contributed by atoms with van der Waals surface area (Å²) in [6.45, 7) is 0. The number of hydrogen-bond acceptors (Lipinski definition) is 6. The van der Waals surface area contributed by atoms with E-state index < -0.39 is 0 Å². The van der Waals surface area contributed by atoms with Crippen LogP contribution in [0.3, 0.4) is 0 Å². The third-order valence-electron chi connectivity index (χ3n) is 5.15. The quantitative estimate of drug-likeness (QED) is 0.588. The molecule has 2 aromatic carbocycles. The van der Waals surface area contributed by atoms with Gasteiger partial charge in [0.2, 0.25) is 0 Å². The van der Waals surface area contributed by atoms with Crippen molar-refractivity contribution in [1.29, 1.82) is 0 Å². The van der Waals surface area contributed by atoms with Crippen LogP contribution in [0.15, 0.2) is 60.9 Å². The summed E-state index contributed by atoms with van der Waals surface area (Å²) < 4.78 is 5.79. The number of aromatic nitrogens is 2. The minimum atomic E-state index is -0.201. The molecule has 0 bridgehead atoms. The van der Waals surface area contributed by atoms with E-state index >= 15 is 0 Å². The fourth-order valence-corrected chi connectivity index (χ4v) is 3.62. The number of anilines is 2. The molecule has 1 fully saturated rings. The summed E-state index contributed by atoms with van der Waals surface area (Å²) in [7, 11) is 0. The van der Waals surface area contributed by atoms with E-state index in [2.05, 4.69) is 15.3 Å². The number of benzene rings is 2. The zero-order valence-corrected chi connectivity index (χ0v) is 16.2. The molecule has 1 aliphatic carbocycles. The second-order valence-corrected chi connectivity index (χ2v) is 7.23. The van der Waals surface area contributed by atoms with Gasteiger partial charge in [0.1, 0.15) is 35.0 Å². The molecule has 0 unspecified atom stereocenters. The molecule has 29 heavy (non-hydrogen) atoms. The van der Waals surface area contributed by atoms with Crippen LogP contribution in [0.25, 0.3) is 0 Å². The Morgan fingerprint density at radius 2 is 1.62 bits per heavy atom. The molecular formula is C23H24N4O2. The van der Waals surface area contributed by atoms with Gasteiger partial charge in [-0.3, -0.25) is 4.79 Å². The van der Waals surface area contributed by atoms with Crippen molar-refractivity contribution in [2.45, 2.75) is 38.1 Å². The van der Waals surface area contributed by atoms with Crippen LogP contribution in [-0.2, 0) is 0 Å². The Labute approximate surface area is 170 Å². The van der Waals surface area contributed by atoms with Gasteiger partial charge in [-0.2, -0.15) is 0 Å². The third-order valence-corrected chi connectivity index (χ3v) is 5.15. The molecule has 148 valence electrons. The maximum absolute atomic E-state index is 13.2. The molecule has 0 radical (unpaired) electrons. The van der Waals surface area contributed by atoms with Crippen LogP contribution in [-0.4, -0.2) is 21.8 Å². The van der Waals surface area contributed by atoms with Crippen molar-refractivity contribution in [3.8, 4) is 11.5 Å². The van der Waals surface area contributed by atoms with E-state index in [0.717, 1.165) is 18.6 Å². The summed E-state index contributed by atoms with van der Waals surface area (Å²) in [6.07, 6.45) is 7.17. The molecule has 3 N–H and O–H groups in total. The second-order valence-electron chi connectivity index (χ2n) is 7.23. The number of para-hydroxylation sites is 1. The Balaban J connectivity index is 1.54. The first-order chi connectivity index (χ1) is 14.2. The number of carbonyl (C=O) groups excluding carboxylic acids is 1. The number of ether oxygens (including phenoxy) is 1. The first-order valence-corrected chi connectivity index (χ1v) is 9.95. The first kappa shape index (κ1) is 18.9. The van der Waals surface area contributed by atoms with E-state index in [-0.39, 0.29) is 11.6 Å². The van der Waals surface area contributed by atoms with E-state index in [4.69, 9.17) is 10.5 Å². The summed E-state index contributed by atoms with van der Waals surface area (Å²) in [5.41, 5.74) is 6.90. The van der Waals surface area contributed by atoms with E-state index in [1.54, 1.807) is 24.3 Å². The predicted octanol–water partition coefficient (Wildman–Crippen LogP) is 4.83. The van der Waals surface area contributed by atoms with Crippen molar-refractivity contribution < 1.29 is 9.53 Å². The lowest BCUT2D eigenvalue weighted by molar-refractivity contribution is 0.103. The number of nitrogen functional groups attached to an aromatic ring is 1. The molecule has 0 amide bonds. The Morgan fingerprint density at radius 3 is 2.34 bits per heavy atom. The number of rotatable bonds is 6. The summed E-state index contributed by atoms with van der Waals surface area (Å²) in [4.78, 5) is 21.5. The number of hydrogen-bond donors (Lipinski definition) is 2. The molecule has 1 heterocycles. The highest BCUT2D eigenvalue weighted by Crippen LogP contribution is 2.27. The van der Waals surface area contributed by atoms with Crippen molar-refractivity contribution in [1.82, 2.24) is 9.97 Å². The minimum absolute atomic E-state index is 0.188. The Hall–Kier alpha value is -3.41. The maximum Gasteiger partial charge on any atom is 0.200 e. The van der Waals surface area contributed by atoms with Gasteiger partial charge in [0.25, 0.3) is 0 Å². The van der Waals surface area contributed by atoms with Crippen molar-refractivity contribution >= 4 is 17.4 Å². The summed E-state index contributed by atoms with van der Waals surface area (Å²) in [6, 6.07) is 16.8. The highest BCUT2D eigenvalue weighted by atomic mass is 16.5. The lowest BCUT2D eigenvalue weighted by atomic mass is 9.95. The number of ketones is 1. The average Bonchev–Trinajstić information content (AvgIpc) is 2.75. The zero-order chi connectivity index (χ0) is 20.1. The van der Waals surface area contributed by atoms with Crippen LogP contribution in [0.5, 0.6) is 11.5 Å². The van der Waals surface area contributed by atoms with Gasteiger partial charge in [-0.05, 0) is 49.2 Å². The van der Waals surface area contributed by atoms with Crippen LogP contribution in [0, 0.1) is 0 Å². The van der Waals surface area contributed by atoms with Gasteiger partial charge >= 0.3 is 0 Å². The largest absolute Gasteiger partial charge is 0.457 e. The van der Waals surface area contributed by atoms with E-state index in [0.29, 0.717) is 28.7 Å². The van der Waals surface area contributed by atoms with E-state index in [9.17, 15) is 4.79 Å². The van der Waals surface area contributed by atoms with Crippen molar-refractivity contribution in [3.05, 3.63) is 72.1 Å². The number of nitrogens with zero attached hydrogens (tertiary/aromatic N) is 2. The molecule has 4 rings (SSSR count). The number of nitrogens with two attached hydrogens (primary N) is 1. The van der Waals surface area contributed by atoms with E-state index in [1.807, 2.05) is 30.3 Å². The monoisotopic (exact) mass is 388 g/mol. The first-order valence-electron chi connectivity index (χ1n) is 9.95. The Morgan fingerprint density at radius 1 is 0.931 bits per heavy atom. The van der Waals surface area contributed by atoms with Crippen molar-refractivity contribution in [2.24, 2.45) is 0 Å². The molecule has 1 saturated carbocycles. The molecular weight excluding hydrogens is 364 g/mol. The lowest BCUT2D eigenvalue weighted by Gasteiger charge is -2.24. The van der Waals surface area contributed by atoms with E-state index in [1.165, 1.54) is 25.6 Å². The van der Waals surface area contributed by atoms with Gasteiger partial charge in [0, 0.05) is 11.6 Å². The van der Waals surface area contributed by atoms with Crippen LogP contribution < -0.4 is 15.8 Å². The molecule has 1 aromatic heterocycles.